The standard InChI is InChI=1S/C21H22N2O2/c24-20(22-12-14-23(15-13-22)21(25)18-8-9-18)11-10-17-6-3-5-16-4-1-2-7-19(16)17/h1-7,10-11,18H,8-9,12-15H2/b11-10+. The Labute approximate surface area is 147 Å². The predicted molar refractivity (Wildman–Crippen MR) is 98.9 cm³/mol. The fourth-order valence-electron chi connectivity index (χ4n) is 3.40. The second-order valence-corrected chi connectivity index (χ2v) is 6.83. The van der Waals surface area contributed by atoms with Crippen LogP contribution in [0.1, 0.15) is 18.4 Å². The van der Waals surface area contributed by atoms with Gasteiger partial charge in [-0.2, -0.15) is 0 Å². The largest absolute Gasteiger partial charge is 0.339 e. The van der Waals surface area contributed by atoms with E-state index in [-0.39, 0.29) is 17.7 Å². The lowest BCUT2D eigenvalue weighted by Crippen LogP contribution is -2.50. The first kappa shape index (κ1) is 15.9. The highest BCUT2D eigenvalue weighted by atomic mass is 16.2. The molecule has 0 spiro atoms. The van der Waals surface area contributed by atoms with Gasteiger partial charge >= 0.3 is 0 Å². The minimum Gasteiger partial charge on any atom is -0.339 e. The molecule has 1 heterocycles. The lowest BCUT2D eigenvalue weighted by Gasteiger charge is -2.34. The summed E-state index contributed by atoms with van der Waals surface area (Å²) in [6.07, 6.45) is 5.62. The van der Waals surface area contributed by atoms with E-state index in [1.165, 1.54) is 5.39 Å². The third kappa shape index (κ3) is 3.43. The Bertz CT molecular complexity index is 825. The quantitative estimate of drug-likeness (QED) is 0.810. The van der Waals surface area contributed by atoms with Crippen molar-refractivity contribution in [3.8, 4) is 0 Å². The highest BCUT2D eigenvalue weighted by molar-refractivity contribution is 5.96. The van der Waals surface area contributed by atoms with Gasteiger partial charge in [0.15, 0.2) is 0 Å². The normalized spacial score (nSPS) is 18.1. The molecule has 0 aromatic heterocycles. The molecule has 0 N–H and O–H groups in total. The van der Waals surface area contributed by atoms with E-state index in [2.05, 4.69) is 18.2 Å². The van der Waals surface area contributed by atoms with Crippen molar-refractivity contribution < 1.29 is 9.59 Å². The summed E-state index contributed by atoms with van der Waals surface area (Å²) in [5.74, 6) is 0.554. The van der Waals surface area contributed by atoms with Crippen LogP contribution < -0.4 is 0 Å². The third-order valence-corrected chi connectivity index (χ3v) is 5.06. The van der Waals surface area contributed by atoms with Gasteiger partial charge in [0.1, 0.15) is 0 Å². The van der Waals surface area contributed by atoms with Crippen molar-refractivity contribution in [1.29, 1.82) is 0 Å². The van der Waals surface area contributed by atoms with Crippen LogP contribution in [0.25, 0.3) is 16.8 Å². The van der Waals surface area contributed by atoms with Crippen molar-refractivity contribution in [1.82, 2.24) is 9.80 Å². The number of hydrogen-bond acceptors (Lipinski definition) is 2. The van der Waals surface area contributed by atoms with Gasteiger partial charge < -0.3 is 9.80 Å². The first-order valence-electron chi connectivity index (χ1n) is 8.96. The Morgan fingerprint density at radius 1 is 0.880 bits per heavy atom. The van der Waals surface area contributed by atoms with Crippen LogP contribution in [0.3, 0.4) is 0 Å². The molecule has 0 atom stereocenters. The van der Waals surface area contributed by atoms with E-state index in [4.69, 9.17) is 0 Å². The molecule has 128 valence electrons. The summed E-state index contributed by atoms with van der Waals surface area (Å²) in [5.41, 5.74) is 1.05. The molecule has 4 heteroatoms. The molecule has 0 radical (unpaired) electrons. The van der Waals surface area contributed by atoms with Crippen molar-refractivity contribution >= 4 is 28.7 Å². The van der Waals surface area contributed by atoms with E-state index in [9.17, 15) is 9.59 Å². The zero-order valence-corrected chi connectivity index (χ0v) is 14.2. The van der Waals surface area contributed by atoms with Crippen LogP contribution in [-0.2, 0) is 9.59 Å². The van der Waals surface area contributed by atoms with Gasteiger partial charge in [0, 0.05) is 38.2 Å². The summed E-state index contributed by atoms with van der Waals surface area (Å²) < 4.78 is 0. The van der Waals surface area contributed by atoms with E-state index in [0.717, 1.165) is 23.8 Å². The fraction of sp³-hybridized carbons (Fsp3) is 0.333. The molecular weight excluding hydrogens is 312 g/mol. The first-order valence-corrected chi connectivity index (χ1v) is 8.96. The fourth-order valence-corrected chi connectivity index (χ4v) is 3.40. The van der Waals surface area contributed by atoms with Crippen LogP contribution >= 0.6 is 0 Å². The number of carbonyl (C=O) groups excluding carboxylic acids is 2. The molecule has 2 aliphatic rings. The van der Waals surface area contributed by atoms with Crippen molar-refractivity contribution in [2.45, 2.75) is 12.8 Å². The zero-order valence-electron chi connectivity index (χ0n) is 14.2. The number of rotatable bonds is 3. The number of hydrogen-bond donors (Lipinski definition) is 0. The predicted octanol–water partition coefficient (Wildman–Crippen LogP) is 2.93. The van der Waals surface area contributed by atoms with Crippen LogP contribution in [0, 0.1) is 5.92 Å². The molecule has 2 aromatic carbocycles. The van der Waals surface area contributed by atoms with Crippen molar-refractivity contribution in [2.24, 2.45) is 5.92 Å². The van der Waals surface area contributed by atoms with Gasteiger partial charge in [0.25, 0.3) is 0 Å². The smallest absolute Gasteiger partial charge is 0.246 e. The Kier molecular flexibility index (Phi) is 4.26. The van der Waals surface area contributed by atoms with Crippen LogP contribution in [0.2, 0.25) is 0 Å². The molecule has 2 amide bonds. The highest BCUT2D eigenvalue weighted by Crippen LogP contribution is 2.31. The summed E-state index contributed by atoms with van der Waals surface area (Å²) in [6.45, 7) is 2.56. The number of carbonyl (C=O) groups is 2. The molecule has 2 aromatic rings. The van der Waals surface area contributed by atoms with Crippen LogP contribution in [0.5, 0.6) is 0 Å². The second kappa shape index (κ2) is 6.71. The molecule has 1 aliphatic heterocycles. The molecule has 1 saturated heterocycles. The number of amides is 2. The van der Waals surface area contributed by atoms with Crippen molar-refractivity contribution in [3.63, 3.8) is 0 Å². The van der Waals surface area contributed by atoms with E-state index >= 15 is 0 Å². The average molecular weight is 334 g/mol. The summed E-state index contributed by atoms with van der Waals surface area (Å²) in [7, 11) is 0. The summed E-state index contributed by atoms with van der Waals surface area (Å²) in [5, 5.41) is 2.32. The van der Waals surface area contributed by atoms with Gasteiger partial charge in [0.05, 0.1) is 0 Å². The lowest BCUT2D eigenvalue weighted by molar-refractivity contribution is -0.138. The summed E-state index contributed by atoms with van der Waals surface area (Å²) >= 11 is 0. The topological polar surface area (TPSA) is 40.6 Å². The third-order valence-electron chi connectivity index (χ3n) is 5.06. The lowest BCUT2D eigenvalue weighted by atomic mass is 10.0. The van der Waals surface area contributed by atoms with Gasteiger partial charge in [-0.15, -0.1) is 0 Å². The molecule has 1 aliphatic carbocycles. The minimum atomic E-state index is 0.0199. The van der Waals surface area contributed by atoms with Gasteiger partial charge in [-0.05, 0) is 35.3 Å². The van der Waals surface area contributed by atoms with E-state index in [0.29, 0.717) is 26.2 Å². The Balaban J connectivity index is 1.40. The van der Waals surface area contributed by atoms with Gasteiger partial charge in [-0.25, -0.2) is 0 Å². The molecule has 25 heavy (non-hydrogen) atoms. The molecule has 1 saturated carbocycles. The Hall–Kier alpha value is -2.62. The Morgan fingerprint density at radius 2 is 1.56 bits per heavy atom. The van der Waals surface area contributed by atoms with Crippen LogP contribution in [-0.4, -0.2) is 47.8 Å². The number of nitrogens with zero attached hydrogens (tertiary/aromatic N) is 2. The van der Waals surface area contributed by atoms with E-state index in [1.54, 1.807) is 6.08 Å². The average Bonchev–Trinajstić information content (AvgIpc) is 3.51. The summed E-state index contributed by atoms with van der Waals surface area (Å²) in [6, 6.07) is 14.3. The summed E-state index contributed by atoms with van der Waals surface area (Å²) in [4.78, 5) is 28.3. The minimum absolute atomic E-state index is 0.0199. The maximum absolute atomic E-state index is 12.5. The second-order valence-electron chi connectivity index (χ2n) is 6.83. The molecule has 0 bridgehead atoms. The molecular formula is C21H22N2O2. The van der Waals surface area contributed by atoms with Crippen LogP contribution in [0.4, 0.5) is 0 Å². The van der Waals surface area contributed by atoms with Gasteiger partial charge in [0.2, 0.25) is 11.8 Å². The molecule has 4 rings (SSSR count). The molecule has 0 unspecified atom stereocenters. The SMILES string of the molecule is O=C(/C=C/c1cccc2ccccc12)N1CCN(C(=O)C2CC2)CC1. The maximum Gasteiger partial charge on any atom is 0.246 e. The van der Waals surface area contributed by atoms with Gasteiger partial charge in [-0.3, -0.25) is 9.59 Å². The van der Waals surface area contributed by atoms with Crippen molar-refractivity contribution in [3.05, 3.63) is 54.1 Å². The Morgan fingerprint density at radius 3 is 2.32 bits per heavy atom. The van der Waals surface area contributed by atoms with Crippen molar-refractivity contribution in [2.75, 3.05) is 26.2 Å². The number of piperazine rings is 1. The van der Waals surface area contributed by atoms with E-state index < -0.39 is 0 Å². The van der Waals surface area contributed by atoms with Crippen LogP contribution in [0.15, 0.2) is 48.5 Å². The van der Waals surface area contributed by atoms with Gasteiger partial charge in [-0.1, -0.05) is 42.5 Å². The van der Waals surface area contributed by atoms with E-state index in [1.807, 2.05) is 40.1 Å². The molecule has 4 nitrogen and oxygen atoms in total. The highest BCUT2D eigenvalue weighted by Gasteiger charge is 2.34. The number of fused-ring (bicyclic) bond motifs is 1. The number of benzene rings is 2. The molecule has 2 fully saturated rings. The first-order chi connectivity index (χ1) is 12.2. The zero-order chi connectivity index (χ0) is 17.2. The maximum atomic E-state index is 12.5. The monoisotopic (exact) mass is 334 g/mol.